The van der Waals surface area contributed by atoms with Gasteiger partial charge in [-0.2, -0.15) is 0 Å². The molecule has 5 nitrogen and oxygen atoms in total. The van der Waals surface area contributed by atoms with Crippen molar-refractivity contribution < 1.29 is 9.69 Å². The van der Waals surface area contributed by atoms with E-state index in [1.54, 1.807) is 0 Å². The fourth-order valence-corrected chi connectivity index (χ4v) is 4.22. The highest BCUT2D eigenvalue weighted by molar-refractivity contribution is 7.80. The highest BCUT2D eigenvalue weighted by Gasteiger charge is 2.26. The van der Waals surface area contributed by atoms with E-state index in [1.165, 1.54) is 28.9 Å². The molecular weight excluding hydrogens is 356 g/mol. The molecule has 2 saturated heterocycles. The molecule has 2 heterocycles. The van der Waals surface area contributed by atoms with Crippen LogP contribution in [0.1, 0.15) is 36.8 Å². The van der Waals surface area contributed by atoms with E-state index in [0.29, 0.717) is 12.5 Å². The molecule has 27 heavy (non-hydrogen) atoms. The van der Waals surface area contributed by atoms with E-state index >= 15 is 0 Å². The number of benzene rings is 1. The summed E-state index contributed by atoms with van der Waals surface area (Å²) in [6, 6.07) is 6.26. The zero-order valence-corrected chi connectivity index (χ0v) is 17.5. The number of aryl methyl sites for hydroxylation is 1. The van der Waals surface area contributed by atoms with E-state index in [0.717, 1.165) is 62.9 Å². The Morgan fingerprint density at radius 2 is 1.70 bits per heavy atom. The molecule has 0 unspecified atom stereocenters. The van der Waals surface area contributed by atoms with Gasteiger partial charge in [-0.1, -0.05) is 25.0 Å². The van der Waals surface area contributed by atoms with Crippen LogP contribution in [-0.4, -0.2) is 66.6 Å². The molecule has 2 fully saturated rings. The SMILES string of the molecule is Cc1cccc(NC(=S)N2CC[NH+](CC(=O)N3CCCCCC3)CC2)c1C. The Kier molecular flexibility index (Phi) is 7.07. The van der Waals surface area contributed by atoms with Crippen molar-refractivity contribution in [3.8, 4) is 0 Å². The van der Waals surface area contributed by atoms with Crippen LogP contribution in [0.25, 0.3) is 0 Å². The van der Waals surface area contributed by atoms with Gasteiger partial charge in [-0.05, 0) is 56.1 Å². The number of amides is 1. The minimum absolute atomic E-state index is 0.330. The summed E-state index contributed by atoms with van der Waals surface area (Å²) in [4.78, 5) is 18.3. The normalized spacial score (nSPS) is 18.9. The molecule has 0 spiro atoms. The number of carbonyl (C=O) groups excluding carboxylic acids is 1. The summed E-state index contributed by atoms with van der Waals surface area (Å²) >= 11 is 5.63. The first-order valence-corrected chi connectivity index (χ1v) is 10.7. The predicted molar refractivity (Wildman–Crippen MR) is 114 cm³/mol. The number of nitrogens with zero attached hydrogens (tertiary/aromatic N) is 2. The number of hydrogen-bond donors (Lipinski definition) is 2. The lowest BCUT2D eigenvalue weighted by molar-refractivity contribution is -0.896. The summed E-state index contributed by atoms with van der Waals surface area (Å²) in [5.74, 6) is 0.330. The summed E-state index contributed by atoms with van der Waals surface area (Å²) in [7, 11) is 0. The molecule has 0 radical (unpaired) electrons. The van der Waals surface area contributed by atoms with E-state index in [2.05, 4.69) is 47.2 Å². The number of hydrogen-bond acceptors (Lipinski definition) is 2. The summed E-state index contributed by atoms with van der Waals surface area (Å²) in [5.41, 5.74) is 3.60. The van der Waals surface area contributed by atoms with Crippen LogP contribution in [0.5, 0.6) is 0 Å². The lowest BCUT2D eigenvalue weighted by atomic mass is 10.1. The monoisotopic (exact) mass is 389 g/mol. The van der Waals surface area contributed by atoms with Crippen LogP contribution in [0.2, 0.25) is 0 Å². The number of rotatable bonds is 3. The maximum absolute atomic E-state index is 12.6. The van der Waals surface area contributed by atoms with E-state index < -0.39 is 0 Å². The largest absolute Gasteiger partial charge is 0.338 e. The lowest BCUT2D eigenvalue weighted by Gasteiger charge is -2.34. The van der Waals surface area contributed by atoms with Crippen molar-refractivity contribution in [3.63, 3.8) is 0 Å². The zero-order valence-electron chi connectivity index (χ0n) is 16.7. The Labute approximate surface area is 168 Å². The van der Waals surface area contributed by atoms with Gasteiger partial charge < -0.3 is 20.0 Å². The van der Waals surface area contributed by atoms with Crippen molar-refractivity contribution in [1.82, 2.24) is 9.80 Å². The molecule has 6 heteroatoms. The molecule has 1 amide bonds. The standard InChI is InChI=1S/C21H32N4OS/c1-17-8-7-9-19(18(17)2)22-21(27)25-14-12-23(13-15-25)16-20(26)24-10-5-3-4-6-11-24/h7-9H,3-6,10-16H2,1-2H3,(H,22,27)/p+1. The van der Waals surface area contributed by atoms with Gasteiger partial charge in [0.2, 0.25) is 0 Å². The van der Waals surface area contributed by atoms with Crippen LogP contribution in [0.15, 0.2) is 18.2 Å². The molecule has 2 aliphatic heterocycles. The van der Waals surface area contributed by atoms with Crippen molar-refractivity contribution in [2.45, 2.75) is 39.5 Å². The molecule has 1 aromatic carbocycles. The Balaban J connectivity index is 1.46. The fraction of sp³-hybridized carbons (Fsp3) is 0.619. The van der Waals surface area contributed by atoms with Crippen LogP contribution >= 0.6 is 12.2 Å². The van der Waals surface area contributed by atoms with Crippen LogP contribution in [-0.2, 0) is 4.79 Å². The zero-order chi connectivity index (χ0) is 19.2. The number of likely N-dealkylation sites (tertiary alicyclic amines) is 1. The maximum Gasteiger partial charge on any atom is 0.277 e. The third-order valence-corrected chi connectivity index (χ3v) is 6.32. The Hall–Kier alpha value is -1.66. The van der Waals surface area contributed by atoms with Gasteiger partial charge in [0.1, 0.15) is 0 Å². The topological polar surface area (TPSA) is 40.0 Å². The minimum atomic E-state index is 0.330. The highest BCUT2D eigenvalue weighted by Crippen LogP contribution is 2.18. The molecule has 2 aliphatic rings. The molecule has 0 bridgehead atoms. The van der Waals surface area contributed by atoms with E-state index in [-0.39, 0.29) is 0 Å². The van der Waals surface area contributed by atoms with Gasteiger partial charge in [0.15, 0.2) is 11.7 Å². The van der Waals surface area contributed by atoms with Gasteiger partial charge >= 0.3 is 0 Å². The van der Waals surface area contributed by atoms with E-state index in [1.807, 2.05) is 0 Å². The van der Waals surface area contributed by atoms with Gasteiger partial charge in [0, 0.05) is 18.8 Å². The van der Waals surface area contributed by atoms with E-state index in [4.69, 9.17) is 12.2 Å². The van der Waals surface area contributed by atoms with Crippen LogP contribution in [0.3, 0.4) is 0 Å². The second-order valence-electron chi connectivity index (χ2n) is 7.89. The third kappa shape index (κ3) is 5.42. The van der Waals surface area contributed by atoms with Crippen molar-refractivity contribution in [1.29, 1.82) is 0 Å². The first-order valence-electron chi connectivity index (χ1n) is 10.3. The van der Waals surface area contributed by atoms with Crippen LogP contribution in [0, 0.1) is 13.8 Å². The molecule has 0 atom stereocenters. The maximum atomic E-state index is 12.6. The van der Waals surface area contributed by atoms with Crippen molar-refractivity contribution in [2.24, 2.45) is 0 Å². The van der Waals surface area contributed by atoms with Crippen LogP contribution < -0.4 is 10.2 Å². The molecular formula is C21H33N4OS+. The van der Waals surface area contributed by atoms with E-state index in [9.17, 15) is 4.79 Å². The summed E-state index contributed by atoms with van der Waals surface area (Å²) in [5, 5.41) is 4.20. The summed E-state index contributed by atoms with van der Waals surface area (Å²) in [6.45, 7) is 10.5. The average molecular weight is 390 g/mol. The average Bonchev–Trinajstić information content (AvgIpc) is 2.95. The van der Waals surface area contributed by atoms with Gasteiger partial charge in [-0.25, -0.2) is 0 Å². The smallest absolute Gasteiger partial charge is 0.277 e. The Bertz CT molecular complexity index is 662. The van der Waals surface area contributed by atoms with Gasteiger partial charge in [-0.3, -0.25) is 4.79 Å². The van der Waals surface area contributed by atoms with Gasteiger partial charge in [0.05, 0.1) is 26.2 Å². The van der Waals surface area contributed by atoms with Crippen LogP contribution in [0.4, 0.5) is 5.69 Å². The predicted octanol–water partition coefficient (Wildman–Crippen LogP) is 1.60. The molecule has 2 N–H and O–H groups in total. The number of quaternary nitrogens is 1. The molecule has 0 saturated carbocycles. The van der Waals surface area contributed by atoms with Gasteiger partial charge in [0.25, 0.3) is 5.91 Å². The third-order valence-electron chi connectivity index (χ3n) is 5.96. The Morgan fingerprint density at radius 1 is 1.04 bits per heavy atom. The summed E-state index contributed by atoms with van der Waals surface area (Å²) < 4.78 is 0. The lowest BCUT2D eigenvalue weighted by Crippen LogP contribution is -3.15. The number of anilines is 1. The quantitative estimate of drug-likeness (QED) is 0.771. The number of nitrogens with one attached hydrogen (secondary N) is 2. The first-order chi connectivity index (χ1) is 13.0. The molecule has 0 aromatic heterocycles. The van der Waals surface area contributed by atoms with Gasteiger partial charge in [-0.15, -0.1) is 0 Å². The van der Waals surface area contributed by atoms with Crippen molar-refractivity contribution >= 4 is 28.9 Å². The van der Waals surface area contributed by atoms with Crippen molar-refractivity contribution in [3.05, 3.63) is 29.3 Å². The summed E-state index contributed by atoms with van der Waals surface area (Å²) in [6.07, 6.45) is 4.85. The second-order valence-corrected chi connectivity index (χ2v) is 8.27. The highest BCUT2D eigenvalue weighted by atomic mass is 32.1. The number of carbonyl (C=O) groups is 1. The molecule has 3 rings (SSSR count). The Morgan fingerprint density at radius 3 is 2.37 bits per heavy atom. The molecule has 1 aromatic rings. The fourth-order valence-electron chi connectivity index (χ4n) is 3.93. The van der Waals surface area contributed by atoms with Crippen molar-refractivity contribution in [2.75, 3.05) is 51.1 Å². The second kappa shape index (κ2) is 9.51. The first kappa shape index (κ1) is 20.1. The minimum Gasteiger partial charge on any atom is -0.338 e. The molecule has 148 valence electrons. The number of piperazine rings is 1. The molecule has 0 aliphatic carbocycles. The number of thiocarbonyl (C=S) groups is 1.